The van der Waals surface area contributed by atoms with Crippen LogP contribution in [0.25, 0.3) is 0 Å². The molecule has 0 saturated heterocycles. The molecule has 0 fully saturated rings. The quantitative estimate of drug-likeness (QED) is 0.620. The molecule has 0 spiro atoms. The normalized spacial score (nSPS) is 15.1. The first-order valence-corrected chi connectivity index (χ1v) is 6.87. The van der Waals surface area contributed by atoms with Gasteiger partial charge in [0.1, 0.15) is 0 Å². The van der Waals surface area contributed by atoms with E-state index in [0.29, 0.717) is 13.1 Å². The topological polar surface area (TPSA) is 55.1 Å². The number of allylic oxidation sites excluding steroid dienone is 4. The molecular weight excluding hydrogens is 224 g/mol. The smallest absolute Gasteiger partial charge is 0.225 e. The van der Waals surface area contributed by atoms with Crippen LogP contribution in [0.4, 0.5) is 0 Å². The summed E-state index contributed by atoms with van der Waals surface area (Å²) in [4.78, 5) is 12.1. The molecule has 0 radical (unpaired) electrons. The Hall–Kier alpha value is -1.09. The van der Waals surface area contributed by atoms with E-state index in [2.05, 4.69) is 18.3 Å². The summed E-state index contributed by atoms with van der Waals surface area (Å²) in [5, 5.41) is 2.91. The van der Waals surface area contributed by atoms with E-state index in [1.807, 2.05) is 32.1 Å². The summed E-state index contributed by atoms with van der Waals surface area (Å²) in [7, 11) is 0. The lowest BCUT2D eigenvalue weighted by atomic mass is 9.80. The van der Waals surface area contributed by atoms with E-state index < -0.39 is 0 Å². The molecule has 0 aromatic heterocycles. The summed E-state index contributed by atoms with van der Waals surface area (Å²) < 4.78 is 0. The van der Waals surface area contributed by atoms with Gasteiger partial charge in [-0.25, -0.2) is 0 Å². The molecule has 3 heteroatoms. The molecule has 18 heavy (non-hydrogen) atoms. The molecule has 3 nitrogen and oxygen atoms in total. The summed E-state index contributed by atoms with van der Waals surface area (Å²) in [5.74, 6) is 0.134. The highest BCUT2D eigenvalue weighted by Gasteiger charge is 2.30. The van der Waals surface area contributed by atoms with Gasteiger partial charge in [-0.1, -0.05) is 44.6 Å². The van der Waals surface area contributed by atoms with E-state index in [4.69, 9.17) is 5.73 Å². The largest absolute Gasteiger partial charge is 0.354 e. The highest BCUT2D eigenvalue weighted by Crippen LogP contribution is 2.29. The molecular formula is C15H28N2O. The average molecular weight is 252 g/mol. The number of carbonyl (C=O) groups excluding carboxylic acids is 1. The van der Waals surface area contributed by atoms with E-state index in [0.717, 1.165) is 25.7 Å². The minimum atomic E-state index is -0.274. The Morgan fingerprint density at radius 2 is 2.06 bits per heavy atom. The van der Waals surface area contributed by atoms with Gasteiger partial charge in [0.2, 0.25) is 5.91 Å². The van der Waals surface area contributed by atoms with Crippen LogP contribution < -0.4 is 11.1 Å². The fraction of sp³-hybridized carbons (Fsp3) is 0.667. The number of amides is 1. The molecule has 1 amide bonds. The summed E-state index contributed by atoms with van der Waals surface area (Å²) >= 11 is 0. The van der Waals surface area contributed by atoms with Gasteiger partial charge in [-0.05, 0) is 26.2 Å². The van der Waals surface area contributed by atoms with E-state index >= 15 is 0 Å². The molecule has 0 saturated carbocycles. The predicted octanol–water partition coefficient (Wildman–Crippen LogP) is 2.78. The first-order valence-electron chi connectivity index (χ1n) is 6.87. The van der Waals surface area contributed by atoms with Crippen molar-refractivity contribution in [3.05, 3.63) is 24.3 Å². The van der Waals surface area contributed by atoms with Crippen LogP contribution in [0.2, 0.25) is 0 Å². The highest BCUT2D eigenvalue weighted by atomic mass is 16.2. The molecule has 0 rings (SSSR count). The fourth-order valence-corrected chi connectivity index (χ4v) is 1.99. The van der Waals surface area contributed by atoms with Gasteiger partial charge in [-0.3, -0.25) is 4.79 Å². The van der Waals surface area contributed by atoms with Gasteiger partial charge in [0.25, 0.3) is 0 Å². The standard InChI is InChI=1S/C15H28N2O/c1-4-6-7-8-9-11-15(3,10-5-2)14(18)17-13-12-16/h4,6-8H,5,9-13,16H2,1-3H3,(H,17,18)/b6-4-,8-7-. The molecule has 1 atom stereocenters. The average Bonchev–Trinajstić information content (AvgIpc) is 2.36. The Morgan fingerprint density at radius 1 is 1.33 bits per heavy atom. The second kappa shape index (κ2) is 9.89. The lowest BCUT2D eigenvalue weighted by Gasteiger charge is -2.27. The van der Waals surface area contributed by atoms with Gasteiger partial charge in [0, 0.05) is 18.5 Å². The highest BCUT2D eigenvalue weighted by molar-refractivity contribution is 5.82. The van der Waals surface area contributed by atoms with Crippen LogP contribution in [0.5, 0.6) is 0 Å². The van der Waals surface area contributed by atoms with Gasteiger partial charge in [0.15, 0.2) is 0 Å². The second-order valence-electron chi connectivity index (χ2n) is 4.85. The Labute approximate surface area is 112 Å². The lowest BCUT2D eigenvalue weighted by Crippen LogP contribution is -2.41. The van der Waals surface area contributed by atoms with E-state index in [9.17, 15) is 4.79 Å². The molecule has 0 aliphatic carbocycles. The SMILES string of the molecule is C/C=C\C=C/CCC(C)(CCC)C(=O)NCCN. The van der Waals surface area contributed by atoms with Crippen LogP contribution in [-0.4, -0.2) is 19.0 Å². The Balaban J connectivity index is 4.36. The van der Waals surface area contributed by atoms with Crippen molar-refractivity contribution >= 4 is 5.91 Å². The van der Waals surface area contributed by atoms with Gasteiger partial charge >= 0.3 is 0 Å². The third-order valence-electron chi connectivity index (χ3n) is 3.08. The molecule has 0 aliphatic heterocycles. The summed E-state index contributed by atoms with van der Waals surface area (Å²) in [5.41, 5.74) is 5.14. The molecule has 0 aromatic rings. The zero-order chi connectivity index (χ0) is 13.9. The monoisotopic (exact) mass is 252 g/mol. The first kappa shape index (κ1) is 16.9. The van der Waals surface area contributed by atoms with Crippen LogP contribution >= 0.6 is 0 Å². The summed E-state index contributed by atoms with van der Waals surface area (Å²) in [6.45, 7) is 7.21. The van der Waals surface area contributed by atoms with E-state index in [1.165, 1.54) is 0 Å². The third kappa shape index (κ3) is 6.60. The van der Waals surface area contributed by atoms with Gasteiger partial charge in [0.05, 0.1) is 0 Å². The summed E-state index contributed by atoms with van der Waals surface area (Å²) in [6.07, 6.45) is 11.9. The molecule has 0 aliphatic rings. The number of hydrogen-bond donors (Lipinski definition) is 2. The summed E-state index contributed by atoms with van der Waals surface area (Å²) in [6, 6.07) is 0. The van der Waals surface area contributed by atoms with Crippen molar-refractivity contribution in [1.29, 1.82) is 0 Å². The van der Waals surface area contributed by atoms with Crippen molar-refractivity contribution in [2.75, 3.05) is 13.1 Å². The van der Waals surface area contributed by atoms with Gasteiger partial charge in [-0.2, -0.15) is 0 Å². The third-order valence-corrected chi connectivity index (χ3v) is 3.08. The van der Waals surface area contributed by atoms with Crippen LogP contribution in [0, 0.1) is 5.41 Å². The van der Waals surface area contributed by atoms with Crippen LogP contribution in [-0.2, 0) is 4.79 Å². The molecule has 3 N–H and O–H groups in total. The van der Waals surface area contributed by atoms with Gasteiger partial charge in [-0.15, -0.1) is 0 Å². The molecule has 0 bridgehead atoms. The van der Waals surface area contributed by atoms with Crippen molar-refractivity contribution in [2.45, 2.75) is 46.5 Å². The minimum Gasteiger partial charge on any atom is -0.354 e. The Morgan fingerprint density at radius 3 is 2.61 bits per heavy atom. The molecule has 104 valence electrons. The lowest BCUT2D eigenvalue weighted by molar-refractivity contribution is -0.130. The molecule has 1 unspecified atom stereocenters. The van der Waals surface area contributed by atoms with Crippen molar-refractivity contribution < 1.29 is 4.79 Å². The van der Waals surface area contributed by atoms with E-state index in [-0.39, 0.29) is 11.3 Å². The maximum absolute atomic E-state index is 12.1. The van der Waals surface area contributed by atoms with Crippen molar-refractivity contribution in [1.82, 2.24) is 5.32 Å². The maximum atomic E-state index is 12.1. The van der Waals surface area contributed by atoms with Crippen LogP contribution in [0.15, 0.2) is 24.3 Å². The number of hydrogen-bond acceptors (Lipinski definition) is 2. The molecule has 0 aromatic carbocycles. The zero-order valence-electron chi connectivity index (χ0n) is 12.0. The fourth-order valence-electron chi connectivity index (χ4n) is 1.99. The van der Waals surface area contributed by atoms with E-state index in [1.54, 1.807) is 0 Å². The minimum absolute atomic E-state index is 0.134. The van der Waals surface area contributed by atoms with Gasteiger partial charge < -0.3 is 11.1 Å². The number of rotatable bonds is 9. The number of carbonyl (C=O) groups is 1. The molecule has 0 heterocycles. The zero-order valence-corrected chi connectivity index (χ0v) is 12.0. The maximum Gasteiger partial charge on any atom is 0.225 e. The number of nitrogens with two attached hydrogens (primary N) is 1. The van der Waals surface area contributed by atoms with Crippen molar-refractivity contribution in [2.24, 2.45) is 11.1 Å². The second-order valence-corrected chi connectivity index (χ2v) is 4.85. The van der Waals surface area contributed by atoms with Crippen LogP contribution in [0.3, 0.4) is 0 Å². The van der Waals surface area contributed by atoms with Crippen molar-refractivity contribution in [3.63, 3.8) is 0 Å². The predicted molar refractivity (Wildman–Crippen MR) is 78.3 cm³/mol. The number of nitrogens with one attached hydrogen (secondary N) is 1. The van der Waals surface area contributed by atoms with Crippen molar-refractivity contribution in [3.8, 4) is 0 Å². The van der Waals surface area contributed by atoms with Crippen LogP contribution in [0.1, 0.15) is 46.5 Å². The first-order chi connectivity index (χ1) is 8.60. The Bertz CT molecular complexity index is 284. The Kier molecular flexibility index (Phi) is 9.29.